The first kappa shape index (κ1) is 24.5. The fraction of sp³-hybridized carbons (Fsp3) is 0.435. The van der Waals surface area contributed by atoms with Gasteiger partial charge in [-0.25, -0.2) is 0 Å². The number of hydrogen-bond acceptors (Lipinski definition) is 4. The molecule has 168 valence electrons. The second-order valence-electron chi connectivity index (χ2n) is 8.22. The van der Waals surface area contributed by atoms with Crippen LogP contribution >= 0.6 is 11.6 Å². The number of nitrogens with zero attached hydrogens (tertiary/aromatic N) is 2. The molecule has 2 rings (SSSR count). The van der Waals surface area contributed by atoms with Crippen LogP contribution in [-0.2, 0) is 16.1 Å². The molecule has 2 amide bonds. The first-order valence-electron chi connectivity index (χ1n) is 10.3. The van der Waals surface area contributed by atoms with Gasteiger partial charge in [0.05, 0.1) is 5.69 Å². The van der Waals surface area contributed by atoms with Crippen LogP contribution in [0.25, 0.3) is 6.08 Å². The van der Waals surface area contributed by atoms with E-state index in [2.05, 4.69) is 43.6 Å². The lowest BCUT2D eigenvalue weighted by molar-refractivity contribution is -0.128. The molecule has 0 unspecified atom stereocenters. The number of ether oxygens (including phenoxy) is 1. The number of halogens is 1. The van der Waals surface area contributed by atoms with Gasteiger partial charge in [0.25, 0.3) is 11.8 Å². The highest BCUT2D eigenvalue weighted by molar-refractivity contribution is 6.31. The average Bonchev–Trinajstić information content (AvgIpc) is 2.95. The third kappa shape index (κ3) is 7.14. The van der Waals surface area contributed by atoms with Gasteiger partial charge in [-0.3, -0.25) is 25.1 Å². The van der Waals surface area contributed by atoms with Crippen molar-refractivity contribution >= 4 is 29.5 Å². The highest BCUT2D eigenvalue weighted by Gasteiger charge is 2.13. The van der Waals surface area contributed by atoms with Crippen LogP contribution in [-0.4, -0.2) is 28.2 Å². The number of carbonyl (C=O) groups excluding carboxylic acids is 2. The summed E-state index contributed by atoms with van der Waals surface area (Å²) in [6.45, 7) is 12.5. The number of nitrogens with one attached hydrogen (secondary N) is 2. The first-order valence-corrected chi connectivity index (χ1v) is 10.7. The zero-order valence-electron chi connectivity index (χ0n) is 19.0. The molecule has 8 heteroatoms. The molecule has 0 aliphatic carbocycles. The van der Waals surface area contributed by atoms with E-state index in [-0.39, 0.29) is 12.5 Å². The van der Waals surface area contributed by atoms with Crippen molar-refractivity contribution in [2.45, 2.75) is 54.0 Å². The normalized spacial score (nSPS) is 11.4. The van der Waals surface area contributed by atoms with Crippen molar-refractivity contribution in [2.75, 3.05) is 6.61 Å². The molecular weight excluding hydrogens is 416 g/mol. The monoisotopic (exact) mass is 446 g/mol. The van der Waals surface area contributed by atoms with Crippen molar-refractivity contribution in [3.05, 3.63) is 51.8 Å². The largest absolute Gasteiger partial charge is 0.483 e. The molecular formula is C23H31ClN4O3. The Kier molecular flexibility index (Phi) is 8.68. The Bertz CT molecular complexity index is 964. The van der Waals surface area contributed by atoms with Gasteiger partial charge in [0, 0.05) is 18.2 Å². The maximum atomic E-state index is 12.1. The molecule has 0 radical (unpaired) electrons. The molecule has 0 aliphatic rings. The van der Waals surface area contributed by atoms with E-state index in [1.165, 1.54) is 6.08 Å². The van der Waals surface area contributed by atoms with Crippen LogP contribution < -0.4 is 15.6 Å². The lowest BCUT2D eigenvalue weighted by Crippen LogP contribution is -2.43. The van der Waals surface area contributed by atoms with Gasteiger partial charge >= 0.3 is 0 Å². The topological polar surface area (TPSA) is 85.2 Å². The molecule has 0 atom stereocenters. The Hall–Kier alpha value is -2.80. The minimum absolute atomic E-state index is 0.208. The summed E-state index contributed by atoms with van der Waals surface area (Å²) in [4.78, 5) is 24.1. The maximum absolute atomic E-state index is 12.1. The number of hydrogen-bond donors (Lipinski definition) is 2. The summed E-state index contributed by atoms with van der Waals surface area (Å²) in [6, 6.07) is 5.90. The summed E-state index contributed by atoms with van der Waals surface area (Å²) in [6.07, 6.45) is 2.88. The minimum Gasteiger partial charge on any atom is -0.483 e. The van der Waals surface area contributed by atoms with Crippen molar-refractivity contribution in [2.24, 2.45) is 5.92 Å². The van der Waals surface area contributed by atoms with Crippen molar-refractivity contribution in [3.8, 4) is 5.75 Å². The molecule has 1 aromatic heterocycles. The molecule has 0 saturated carbocycles. The number of amides is 2. The summed E-state index contributed by atoms with van der Waals surface area (Å²) in [5, 5.41) is 4.88. The number of aromatic nitrogens is 2. The van der Waals surface area contributed by atoms with Crippen LogP contribution in [0.4, 0.5) is 0 Å². The van der Waals surface area contributed by atoms with Crippen LogP contribution in [0.5, 0.6) is 5.75 Å². The van der Waals surface area contributed by atoms with Gasteiger partial charge in [0.2, 0.25) is 0 Å². The Labute approximate surface area is 188 Å². The summed E-state index contributed by atoms with van der Waals surface area (Å²) < 4.78 is 7.38. The van der Waals surface area contributed by atoms with E-state index < -0.39 is 11.8 Å². The SMILES string of the molecule is Cc1ccc(C(C)C)c(OCC(=O)NNC(=O)/C=C/c2c(C)nn(CC(C)C)c2Cl)c1. The van der Waals surface area contributed by atoms with Crippen LogP contribution in [0, 0.1) is 19.8 Å². The van der Waals surface area contributed by atoms with E-state index in [0.29, 0.717) is 28.9 Å². The number of aryl methyl sites for hydroxylation is 2. The summed E-state index contributed by atoms with van der Waals surface area (Å²) >= 11 is 6.36. The van der Waals surface area contributed by atoms with Gasteiger partial charge in [-0.15, -0.1) is 0 Å². The predicted octanol–water partition coefficient (Wildman–Crippen LogP) is 4.17. The Morgan fingerprint density at radius 2 is 1.90 bits per heavy atom. The van der Waals surface area contributed by atoms with Gasteiger partial charge in [0.15, 0.2) is 6.61 Å². The summed E-state index contributed by atoms with van der Waals surface area (Å²) in [5.74, 6) is 0.380. The zero-order chi connectivity index (χ0) is 23.1. The highest BCUT2D eigenvalue weighted by atomic mass is 35.5. The molecule has 7 nitrogen and oxygen atoms in total. The maximum Gasteiger partial charge on any atom is 0.276 e. The zero-order valence-corrected chi connectivity index (χ0v) is 19.7. The minimum atomic E-state index is -0.487. The smallest absolute Gasteiger partial charge is 0.276 e. The Morgan fingerprint density at radius 1 is 1.19 bits per heavy atom. The lowest BCUT2D eigenvalue weighted by Gasteiger charge is -2.14. The van der Waals surface area contributed by atoms with Gasteiger partial charge in [-0.1, -0.05) is 51.4 Å². The van der Waals surface area contributed by atoms with Crippen LogP contribution in [0.2, 0.25) is 5.15 Å². The van der Waals surface area contributed by atoms with E-state index in [0.717, 1.165) is 16.8 Å². The molecule has 1 heterocycles. The van der Waals surface area contributed by atoms with E-state index in [1.807, 2.05) is 32.0 Å². The molecule has 0 saturated heterocycles. The second kappa shape index (κ2) is 11.0. The predicted molar refractivity (Wildman–Crippen MR) is 123 cm³/mol. The van der Waals surface area contributed by atoms with E-state index in [1.54, 1.807) is 10.8 Å². The molecule has 0 spiro atoms. The van der Waals surface area contributed by atoms with E-state index in [9.17, 15) is 9.59 Å². The molecule has 2 N–H and O–H groups in total. The fourth-order valence-electron chi connectivity index (χ4n) is 2.98. The highest BCUT2D eigenvalue weighted by Crippen LogP contribution is 2.27. The van der Waals surface area contributed by atoms with E-state index >= 15 is 0 Å². The van der Waals surface area contributed by atoms with Crippen molar-refractivity contribution < 1.29 is 14.3 Å². The number of rotatable bonds is 8. The summed E-state index contributed by atoms with van der Waals surface area (Å²) in [5.41, 5.74) is 8.16. The summed E-state index contributed by atoms with van der Waals surface area (Å²) in [7, 11) is 0. The number of carbonyl (C=O) groups is 2. The molecule has 1 aromatic carbocycles. The molecule has 31 heavy (non-hydrogen) atoms. The number of benzene rings is 1. The third-order valence-corrected chi connectivity index (χ3v) is 4.92. The van der Waals surface area contributed by atoms with Gasteiger partial charge in [0.1, 0.15) is 10.9 Å². The second-order valence-corrected chi connectivity index (χ2v) is 8.58. The fourth-order valence-corrected chi connectivity index (χ4v) is 3.28. The van der Waals surface area contributed by atoms with Gasteiger partial charge in [-0.05, 0) is 49.0 Å². The van der Waals surface area contributed by atoms with Crippen LogP contribution in [0.15, 0.2) is 24.3 Å². The van der Waals surface area contributed by atoms with Crippen LogP contribution in [0.3, 0.4) is 0 Å². The third-order valence-electron chi connectivity index (χ3n) is 4.52. The molecule has 0 fully saturated rings. The van der Waals surface area contributed by atoms with Gasteiger partial charge in [-0.2, -0.15) is 5.10 Å². The van der Waals surface area contributed by atoms with Gasteiger partial charge < -0.3 is 4.74 Å². The number of hydrazine groups is 1. The van der Waals surface area contributed by atoms with Crippen molar-refractivity contribution in [1.29, 1.82) is 0 Å². The molecule has 0 bridgehead atoms. The molecule has 0 aliphatic heterocycles. The quantitative estimate of drug-likeness (QED) is 0.470. The Morgan fingerprint density at radius 3 is 2.55 bits per heavy atom. The van der Waals surface area contributed by atoms with Crippen LogP contribution in [0.1, 0.15) is 56.0 Å². The van der Waals surface area contributed by atoms with Crippen molar-refractivity contribution in [1.82, 2.24) is 20.6 Å². The van der Waals surface area contributed by atoms with Crippen molar-refractivity contribution in [3.63, 3.8) is 0 Å². The first-order chi connectivity index (χ1) is 14.6. The average molecular weight is 447 g/mol. The molecule has 2 aromatic rings. The standard InChI is InChI=1S/C23H31ClN4O3/c1-14(2)12-28-23(24)19(17(6)27-28)9-10-21(29)25-26-22(30)13-31-20-11-16(5)7-8-18(20)15(3)4/h7-11,14-15H,12-13H2,1-6H3,(H,25,29)(H,26,30)/b10-9+. The van der Waals surface area contributed by atoms with E-state index in [4.69, 9.17) is 16.3 Å². The lowest BCUT2D eigenvalue weighted by atomic mass is 10.0. The Balaban J connectivity index is 1.89.